The molecule has 150 valence electrons. The van der Waals surface area contributed by atoms with Crippen molar-refractivity contribution >= 4 is 23.3 Å². The van der Waals surface area contributed by atoms with E-state index in [2.05, 4.69) is 40.2 Å². The summed E-state index contributed by atoms with van der Waals surface area (Å²) in [7, 11) is 1.56. The van der Waals surface area contributed by atoms with Crippen LogP contribution in [0.2, 0.25) is 0 Å². The van der Waals surface area contributed by atoms with Gasteiger partial charge in [-0.3, -0.25) is 15.4 Å². The van der Waals surface area contributed by atoms with E-state index in [9.17, 15) is 9.59 Å². The fourth-order valence-corrected chi connectivity index (χ4v) is 4.27. The highest BCUT2D eigenvalue weighted by molar-refractivity contribution is 7.10. The monoisotopic (exact) mass is 401 g/mol. The Bertz CT molecular complexity index is 792. The molecule has 3 amide bonds. The summed E-state index contributed by atoms with van der Waals surface area (Å²) >= 11 is 1.66. The molecule has 0 fully saturated rings. The van der Waals surface area contributed by atoms with E-state index < -0.39 is 6.03 Å². The number of methoxy groups -OCH3 is 1. The van der Waals surface area contributed by atoms with E-state index in [1.54, 1.807) is 18.4 Å². The maximum Gasteiger partial charge on any atom is 0.321 e. The van der Waals surface area contributed by atoms with E-state index in [-0.39, 0.29) is 18.5 Å². The number of carbonyl (C=O) groups is 2. The van der Waals surface area contributed by atoms with Crippen LogP contribution in [0, 0.1) is 0 Å². The van der Waals surface area contributed by atoms with E-state index in [0.717, 1.165) is 23.3 Å². The van der Waals surface area contributed by atoms with Crippen LogP contribution < -0.4 is 16.0 Å². The molecule has 3 N–H and O–H groups in total. The minimum absolute atomic E-state index is 0.0529. The normalized spacial score (nSPS) is 14.2. The molecular formula is C21H27N3O3S. The van der Waals surface area contributed by atoms with Gasteiger partial charge in [-0.2, -0.15) is 0 Å². The van der Waals surface area contributed by atoms with Gasteiger partial charge in [0, 0.05) is 18.5 Å². The van der Waals surface area contributed by atoms with Gasteiger partial charge in [-0.15, -0.1) is 11.3 Å². The Labute approximate surface area is 169 Å². The molecule has 1 aromatic carbocycles. The molecule has 0 saturated carbocycles. The molecule has 1 aromatic heterocycles. The van der Waals surface area contributed by atoms with Crippen LogP contribution in [-0.2, 0) is 22.4 Å². The minimum Gasteiger partial charge on any atom is -0.383 e. The molecule has 1 heterocycles. The molecule has 1 atom stereocenters. The highest BCUT2D eigenvalue weighted by atomic mass is 32.1. The van der Waals surface area contributed by atoms with Crippen molar-refractivity contribution < 1.29 is 14.3 Å². The summed E-state index contributed by atoms with van der Waals surface area (Å²) in [4.78, 5) is 25.0. The summed E-state index contributed by atoms with van der Waals surface area (Å²) in [6.07, 6.45) is 4.75. The number of urea groups is 1. The number of ether oxygens (including phenoxy) is 1. The molecule has 28 heavy (non-hydrogen) atoms. The minimum atomic E-state index is -0.509. The van der Waals surface area contributed by atoms with Gasteiger partial charge in [0.05, 0.1) is 19.2 Å². The van der Waals surface area contributed by atoms with Crippen LogP contribution in [0.3, 0.4) is 0 Å². The lowest BCUT2D eigenvalue weighted by Crippen LogP contribution is -2.44. The summed E-state index contributed by atoms with van der Waals surface area (Å²) in [5, 5.41) is 10.3. The third kappa shape index (κ3) is 5.64. The molecule has 1 aliphatic carbocycles. The van der Waals surface area contributed by atoms with Crippen molar-refractivity contribution in [3.8, 4) is 0 Å². The SMILES string of the molecule is COCCNC(=O)NC(=O)CN[C@@H](c1ccc2c(c1)CCCC2)c1cccs1. The Morgan fingerprint density at radius 2 is 2.00 bits per heavy atom. The Morgan fingerprint density at radius 3 is 2.75 bits per heavy atom. The molecule has 0 radical (unpaired) electrons. The van der Waals surface area contributed by atoms with E-state index in [1.165, 1.54) is 24.0 Å². The number of carbonyl (C=O) groups excluding carboxylic acids is 2. The lowest BCUT2D eigenvalue weighted by atomic mass is 9.89. The first-order chi connectivity index (χ1) is 13.7. The quantitative estimate of drug-likeness (QED) is 0.595. The smallest absolute Gasteiger partial charge is 0.321 e. The number of aryl methyl sites for hydroxylation is 2. The third-order valence-electron chi connectivity index (χ3n) is 4.85. The number of imide groups is 1. The predicted octanol–water partition coefficient (Wildman–Crippen LogP) is 2.78. The van der Waals surface area contributed by atoms with Gasteiger partial charge < -0.3 is 10.1 Å². The Balaban J connectivity index is 1.63. The van der Waals surface area contributed by atoms with Gasteiger partial charge in [0.2, 0.25) is 5.91 Å². The Hall–Kier alpha value is -2.22. The van der Waals surface area contributed by atoms with Crippen LogP contribution in [-0.4, -0.2) is 38.7 Å². The fourth-order valence-electron chi connectivity index (χ4n) is 3.45. The van der Waals surface area contributed by atoms with Crippen LogP contribution in [0.4, 0.5) is 4.79 Å². The zero-order valence-electron chi connectivity index (χ0n) is 16.1. The number of hydrogen-bond acceptors (Lipinski definition) is 5. The zero-order valence-corrected chi connectivity index (χ0v) is 16.9. The molecule has 0 saturated heterocycles. The molecule has 0 aliphatic heterocycles. The summed E-state index contributed by atoms with van der Waals surface area (Å²) in [5.74, 6) is -0.366. The van der Waals surface area contributed by atoms with E-state index in [4.69, 9.17) is 4.74 Å². The van der Waals surface area contributed by atoms with Crippen molar-refractivity contribution in [1.82, 2.24) is 16.0 Å². The molecule has 3 rings (SSSR count). The van der Waals surface area contributed by atoms with Crippen molar-refractivity contribution in [2.24, 2.45) is 0 Å². The Morgan fingerprint density at radius 1 is 1.18 bits per heavy atom. The number of nitrogens with one attached hydrogen (secondary N) is 3. The lowest BCUT2D eigenvalue weighted by molar-refractivity contribution is -0.119. The summed E-state index contributed by atoms with van der Waals surface area (Å²) in [6.45, 7) is 0.811. The maximum atomic E-state index is 12.2. The van der Waals surface area contributed by atoms with E-state index in [1.807, 2.05) is 11.4 Å². The summed E-state index contributed by atoms with van der Waals surface area (Å²) < 4.78 is 4.87. The highest BCUT2D eigenvalue weighted by Gasteiger charge is 2.19. The van der Waals surface area contributed by atoms with E-state index in [0.29, 0.717) is 13.2 Å². The number of fused-ring (bicyclic) bond motifs is 1. The first kappa shape index (κ1) is 20.5. The average molecular weight is 402 g/mol. The van der Waals surface area contributed by atoms with Gasteiger partial charge >= 0.3 is 6.03 Å². The van der Waals surface area contributed by atoms with Crippen LogP contribution in [0.1, 0.15) is 40.5 Å². The largest absolute Gasteiger partial charge is 0.383 e. The molecule has 0 bridgehead atoms. The van der Waals surface area contributed by atoms with Gasteiger partial charge in [-0.25, -0.2) is 4.79 Å². The van der Waals surface area contributed by atoms with Crippen LogP contribution in [0.15, 0.2) is 35.7 Å². The predicted molar refractivity (Wildman–Crippen MR) is 111 cm³/mol. The first-order valence-corrected chi connectivity index (χ1v) is 10.5. The number of rotatable bonds is 8. The van der Waals surface area contributed by atoms with Crippen molar-refractivity contribution in [1.29, 1.82) is 0 Å². The van der Waals surface area contributed by atoms with Gasteiger partial charge in [-0.05, 0) is 53.8 Å². The first-order valence-electron chi connectivity index (χ1n) is 9.62. The van der Waals surface area contributed by atoms with Crippen LogP contribution in [0.25, 0.3) is 0 Å². The second kappa shape index (κ2) is 10.4. The number of thiophene rings is 1. The maximum absolute atomic E-state index is 12.2. The second-order valence-corrected chi connectivity index (χ2v) is 7.84. The van der Waals surface area contributed by atoms with Gasteiger partial charge in [0.25, 0.3) is 0 Å². The average Bonchev–Trinajstić information content (AvgIpc) is 3.22. The molecule has 6 nitrogen and oxygen atoms in total. The molecule has 7 heteroatoms. The standard InChI is InChI=1S/C21H27N3O3S/c1-27-11-10-22-21(26)24-19(25)14-23-20(18-7-4-12-28-18)17-9-8-15-5-2-3-6-16(15)13-17/h4,7-9,12-13,20,23H,2-3,5-6,10-11,14H2,1H3,(H2,22,24,25,26)/t20-/m0/s1. The van der Waals surface area contributed by atoms with Crippen molar-refractivity contribution in [2.45, 2.75) is 31.7 Å². The second-order valence-electron chi connectivity index (χ2n) is 6.86. The van der Waals surface area contributed by atoms with Crippen molar-refractivity contribution in [3.05, 3.63) is 57.3 Å². The zero-order chi connectivity index (χ0) is 19.8. The fraction of sp³-hybridized carbons (Fsp3) is 0.429. The van der Waals surface area contributed by atoms with Crippen molar-refractivity contribution in [3.63, 3.8) is 0 Å². The van der Waals surface area contributed by atoms with Gasteiger partial charge in [0.1, 0.15) is 0 Å². The lowest BCUT2D eigenvalue weighted by Gasteiger charge is -2.22. The van der Waals surface area contributed by atoms with Crippen molar-refractivity contribution in [2.75, 3.05) is 26.8 Å². The van der Waals surface area contributed by atoms with Gasteiger partial charge in [-0.1, -0.05) is 24.3 Å². The highest BCUT2D eigenvalue weighted by Crippen LogP contribution is 2.30. The van der Waals surface area contributed by atoms with Crippen LogP contribution in [0.5, 0.6) is 0 Å². The van der Waals surface area contributed by atoms with Crippen LogP contribution >= 0.6 is 11.3 Å². The molecule has 0 spiro atoms. The summed E-state index contributed by atoms with van der Waals surface area (Å²) in [5.41, 5.74) is 4.00. The molecule has 2 aromatic rings. The molecule has 0 unspecified atom stereocenters. The molecule has 1 aliphatic rings. The number of benzene rings is 1. The number of hydrogen-bond donors (Lipinski definition) is 3. The number of amides is 3. The molecular weight excluding hydrogens is 374 g/mol. The van der Waals surface area contributed by atoms with E-state index >= 15 is 0 Å². The Kier molecular flexibility index (Phi) is 7.59. The topological polar surface area (TPSA) is 79.5 Å². The third-order valence-corrected chi connectivity index (χ3v) is 5.78. The summed E-state index contributed by atoms with van der Waals surface area (Å²) in [6, 6.07) is 10.1. The van der Waals surface area contributed by atoms with Gasteiger partial charge in [0.15, 0.2) is 0 Å².